The topological polar surface area (TPSA) is 32.7 Å². The summed E-state index contributed by atoms with van der Waals surface area (Å²) in [5.74, 6) is 0.0862. The second-order valence-electron chi connectivity index (χ2n) is 6.67. The van der Waals surface area contributed by atoms with Crippen molar-refractivity contribution in [2.45, 2.75) is 19.2 Å². The van der Waals surface area contributed by atoms with Crippen molar-refractivity contribution in [2.75, 3.05) is 13.2 Å². The van der Waals surface area contributed by atoms with Gasteiger partial charge in [0.05, 0.1) is 0 Å². The van der Waals surface area contributed by atoms with Gasteiger partial charge >= 0.3 is 0 Å². The Hall–Kier alpha value is -2.76. The first-order valence-electron chi connectivity index (χ1n) is 9.16. The van der Waals surface area contributed by atoms with Crippen LogP contribution in [0.1, 0.15) is 11.1 Å². The van der Waals surface area contributed by atoms with Gasteiger partial charge in [0.1, 0.15) is 30.1 Å². The van der Waals surface area contributed by atoms with Crippen molar-refractivity contribution in [3.8, 4) is 5.75 Å². The summed E-state index contributed by atoms with van der Waals surface area (Å²) in [7, 11) is 0. The molecule has 0 saturated carbocycles. The predicted octanol–water partition coefficient (Wildman–Crippen LogP) is 4.41. The first-order valence-corrected chi connectivity index (χ1v) is 9.16. The van der Waals surface area contributed by atoms with E-state index in [1.165, 1.54) is 18.2 Å². The number of halogens is 2. The molecule has 0 aromatic heterocycles. The average Bonchev–Trinajstić information content (AvgIpc) is 2.71. The van der Waals surface area contributed by atoms with Crippen LogP contribution in [0.4, 0.5) is 8.78 Å². The Kier molecular flexibility index (Phi) is 7.12. The summed E-state index contributed by atoms with van der Waals surface area (Å²) in [6, 6.07) is 22.0. The molecular formula is C23H23F2NO2. The highest BCUT2D eigenvalue weighted by molar-refractivity contribution is 5.21. The Morgan fingerprint density at radius 2 is 1.50 bits per heavy atom. The molecule has 0 fully saturated rings. The van der Waals surface area contributed by atoms with Crippen molar-refractivity contribution >= 4 is 0 Å². The van der Waals surface area contributed by atoms with E-state index in [2.05, 4.69) is 0 Å². The molecule has 0 unspecified atom stereocenters. The molecule has 0 radical (unpaired) electrons. The van der Waals surface area contributed by atoms with Crippen LogP contribution in [-0.2, 0) is 13.1 Å². The second kappa shape index (κ2) is 9.97. The fraction of sp³-hybridized carbons (Fsp3) is 0.217. The molecule has 3 aromatic carbocycles. The lowest BCUT2D eigenvalue weighted by molar-refractivity contribution is 0.0624. The van der Waals surface area contributed by atoms with Gasteiger partial charge in [0, 0.05) is 25.2 Å². The number of hydrogen-bond acceptors (Lipinski definition) is 3. The molecule has 3 nitrogen and oxygen atoms in total. The van der Waals surface area contributed by atoms with E-state index >= 15 is 0 Å². The van der Waals surface area contributed by atoms with Gasteiger partial charge in [-0.25, -0.2) is 8.78 Å². The minimum absolute atomic E-state index is 0.126. The van der Waals surface area contributed by atoms with Gasteiger partial charge < -0.3 is 9.84 Å². The van der Waals surface area contributed by atoms with Crippen LogP contribution >= 0.6 is 0 Å². The number of hydrogen-bond donors (Lipinski definition) is 1. The molecular weight excluding hydrogens is 360 g/mol. The molecule has 146 valence electrons. The number of rotatable bonds is 9. The maximum Gasteiger partial charge on any atom is 0.127 e. The van der Waals surface area contributed by atoms with Gasteiger partial charge in [-0.2, -0.15) is 0 Å². The zero-order valence-corrected chi connectivity index (χ0v) is 15.5. The van der Waals surface area contributed by atoms with E-state index < -0.39 is 6.10 Å². The molecule has 1 atom stereocenters. The Bertz CT molecular complexity index is 856. The van der Waals surface area contributed by atoms with Crippen molar-refractivity contribution < 1.29 is 18.6 Å². The highest BCUT2D eigenvalue weighted by Crippen LogP contribution is 2.15. The first kappa shape index (κ1) is 20.0. The van der Waals surface area contributed by atoms with E-state index in [0.717, 1.165) is 5.56 Å². The predicted molar refractivity (Wildman–Crippen MR) is 105 cm³/mol. The molecule has 0 aliphatic rings. The number of aliphatic hydroxyl groups is 1. The molecule has 3 rings (SSSR count). The molecule has 0 saturated heterocycles. The Labute approximate surface area is 163 Å². The van der Waals surface area contributed by atoms with Gasteiger partial charge in [-0.05, 0) is 35.9 Å². The average molecular weight is 383 g/mol. The molecule has 0 amide bonds. The van der Waals surface area contributed by atoms with Crippen molar-refractivity contribution in [2.24, 2.45) is 0 Å². The number of ether oxygens (including phenoxy) is 1. The maximum absolute atomic E-state index is 14.1. The molecule has 0 aliphatic heterocycles. The van der Waals surface area contributed by atoms with Crippen LogP contribution in [0.5, 0.6) is 5.75 Å². The summed E-state index contributed by atoms with van der Waals surface area (Å²) in [6.07, 6.45) is -0.757. The van der Waals surface area contributed by atoms with Crippen LogP contribution in [0.3, 0.4) is 0 Å². The minimum Gasteiger partial charge on any atom is -0.491 e. The highest BCUT2D eigenvalue weighted by Gasteiger charge is 2.15. The summed E-state index contributed by atoms with van der Waals surface area (Å²) in [6.45, 7) is 1.20. The van der Waals surface area contributed by atoms with E-state index in [-0.39, 0.29) is 18.2 Å². The van der Waals surface area contributed by atoms with Crippen molar-refractivity contribution in [3.05, 3.63) is 102 Å². The molecule has 0 aliphatic carbocycles. The fourth-order valence-corrected chi connectivity index (χ4v) is 2.96. The van der Waals surface area contributed by atoms with Crippen molar-refractivity contribution in [1.29, 1.82) is 0 Å². The van der Waals surface area contributed by atoms with Gasteiger partial charge in [0.25, 0.3) is 0 Å². The lowest BCUT2D eigenvalue weighted by Gasteiger charge is -2.25. The third-order valence-electron chi connectivity index (χ3n) is 4.33. The SMILES string of the molecule is O[C@@H](COc1ccccc1)CN(Cc1ccc(F)cc1)Cc1ccccc1F. The van der Waals surface area contributed by atoms with Crippen LogP contribution < -0.4 is 4.74 Å². The van der Waals surface area contributed by atoms with Gasteiger partial charge in [-0.3, -0.25) is 4.90 Å². The monoisotopic (exact) mass is 383 g/mol. The molecule has 3 aromatic rings. The van der Waals surface area contributed by atoms with Crippen molar-refractivity contribution in [3.63, 3.8) is 0 Å². The van der Waals surface area contributed by atoms with Crippen LogP contribution in [-0.4, -0.2) is 29.3 Å². The molecule has 0 spiro atoms. The molecule has 1 N–H and O–H groups in total. The van der Waals surface area contributed by atoms with Gasteiger partial charge in [-0.15, -0.1) is 0 Å². The third-order valence-corrected chi connectivity index (χ3v) is 4.33. The van der Waals surface area contributed by atoms with Gasteiger partial charge in [0.2, 0.25) is 0 Å². The summed E-state index contributed by atoms with van der Waals surface area (Å²) in [5, 5.41) is 10.4. The molecule has 0 bridgehead atoms. The maximum atomic E-state index is 14.1. The zero-order chi connectivity index (χ0) is 19.8. The first-order chi connectivity index (χ1) is 13.6. The number of nitrogens with zero attached hydrogens (tertiary/aromatic N) is 1. The lowest BCUT2D eigenvalue weighted by atomic mass is 10.1. The molecule has 28 heavy (non-hydrogen) atoms. The van der Waals surface area contributed by atoms with E-state index in [1.807, 2.05) is 35.2 Å². The normalized spacial score (nSPS) is 12.1. The quantitative estimate of drug-likeness (QED) is 0.594. The zero-order valence-electron chi connectivity index (χ0n) is 15.5. The standard InChI is InChI=1S/C23H23F2NO2/c24-20-12-10-18(11-13-20)14-26(15-19-6-4-5-9-23(19)25)16-21(27)17-28-22-7-2-1-3-8-22/h1-13,21,27H,14-17H2/t21-/m1/s1. The largest absolute Gasteiger partial charge is 0.491 e. The van der Waals surface area contributed by atoms with Gasteiger partial charge in [-0.1, -0.05) is 48.5 Å². The van der Waals surface area contributed by atoms with Crippen LogP contribution in [0, 0.1) is 11.6 Å². The molecule has 0 heterocycles. The van der Waals surface area contributed by atoms with E-state index in [9.17, 15) is 13.9 Å². The number of para-hydroxylation sites is 1. The summed E-state index contributed by atoms with van der Waals surface area (Å²) in [5.41, 5.74) is 1.43. The fourth-order valence-electron chi connectivity index (χ4n) is 2.96. The summed E-state index contributed by atoms with van der Waals surface area (Å²) >= 11 is 0. The Morgan fingerprint density at radius 1 is 0.821 bits per heavy atom. The number of benzene rings is 3. The lowest BCUT2D eigenvalue weighted by Crippen LogP contribution is -2.35. The highest BCUT2D eigenvalue weighted by atomic mass is 19.1. The third kappa shape index (κ3) is 6.15. The van der Waals surface area contributed by atoms with E-state index in [1.54, 1.807) is 30.3 Å². The second-order valence-corrected chi connectivity index (χ2v) is 6.67. The minimum atomic E-state index is -0.757. The van der Waals surface area contributed by atoms with Crippen LogP contribution in [0.2, 0.25) is 0 Å². The smallest absolute Gasteiger partial charge is 0.127 e. The van der Waals surface area contributed by atoms with E-state index in [0.29, 0.717) is 30.9 Å². The summed E-state index contributed by atoms with van der Waals surface area (Å²) in [4.78, 5) is 1.92. The Morgan fingerprint density at radius 3 is 2.21 bits per heavy atom. The van der Waals surface area contributed by atoms with Gasteiger partial charge in [0.15, 0.2) is 0 Å². The van der Waals surface area contributed by atoms with Crippen LogP contribution in [0.15, 0.2) is 78.9 Å². The number of aliphatic hydroxyl groups excluding tert-OH is 1. The Balaban J connectivity index is 1.65. The van der Waals surface area contributed by atoms with Crippen LogP contribution in [0.25, 0.3) is 0 Å². The molecule has 5 heteroatoms. The van der Waals surface area contributed by atoms with Crippen molar-refractivity contribution in [1.82, 2.24) is 4.90 Å². The summed E-state index contributed by atoms with van der Waals surface area (Å²) < 4.78 is 32.9. The van der Waals surface area contributed by atoms with E-state index in [4.69, 9.17) is 4.74 Å².